The van der Waals surface area contributed by atoms with Gasteiger partial charge in [0.1, 0.15) is 0 Å². The van der Waals surface area contributed by atoms with Gasteiger partial charge in [0.2, 0.25) is 0 Å². The Balaban J connectivity index is 1.22. The van der Waals surface area contributed by atoms with E-state index in [1.54, 1.807) is 0 Å². The quantitative estimate of drug-likeness (QED) is 0.0352. The van der Waals surface area contributed by atoms with Crippen LogP contribution in [0.1, 0.15) is 126 Å². The predicted octanol–water partition coefficient (Wildman–Crippen LogP) is 6.64. The third-order valence-electron chi connectivity index (χ3n) is 11.8. The van der Waals surface area contributed by atoms with Gasteiger partial charge >= 0.3 is 5.97 Å². The van der Waals surface area contributed by atoms with Crippen LogP contribution in [0.4, 0.5) is 0 Å². The lowest BCUT2D eigenvalue weighted by molar-refractivity contribution is -0.146. The highest BCUT2D eigenvalue weighted by molar-refractivity contribution is 5.95. The number of unbranched alkanes of at least 4 members (excludes halogenated alkanes) is 4. The summed E-state index contributed by atoms with van der Waals surface area (Å²) in [6.45, 7) is 4.30. The van der Waals surface area contributed by atoms with E-state index in [0.717, 1.165) is 56.1 Å². The number of carboxylic acid groups (broad SMARTS) is 1. The molecule has 2 aliphatic carbocycles. The highest BCUT2D eigenvalue weighted by atomic mass is 16.4. The van der Waals surface area contributed by atoms with Crippen LogP contribution in [0.3, 0.4) is 0 Å². The Morgan fingerprint density at radius 2 is 1.77 bits per heavy atom. The second kappa shape index (κ2) is 21.7. The van der Waals surface area contributed by atoms with E-state index in [-0.39, 0.29) is 36.1 Å². The Labute approximate surface area is 312 Å². The molecule has 8 N–H and O–H groups in total. The van der Waals surface area contributed by atoms with Crippen LogP contribution in [0.15, 0.2) is 66.0 Å². The summed E-state index contributed by atoms with van der Waals surface area (Å²) in [7, 11) is 0. The van der Waals surface area contributed by atoms with E-state index in [1.165, 1.54) is 19.3 Å². The van der Waals surface area contributed by atoms with Crippen molar-refractivity contribution >= 4 is 11.8 Å². The van der Waals surface area contributed by atoms with Crippen LogP contribution in [0.25, 0.3) is 0 Å². The van der Waals surface area contributed by atoms with Crippen LogP contribution < -0.4 is 16.4 Å². The number of rotatable bonds is 24. The molecule has 1 saturated carbocycles. The SMILES string of the molecule is CCCCCC1C=CC(CCCCCC(C(=O)O)C(O)CCC2(O)CC(CNCCCC(=O)c3ccccc3)C(CC3=CCNC(N)=C3)C2)C(O)C1. The topological polar surface area (TPSA) is 165 Å². The number of hydrogen-bond acceptors (Lipinski definition) is 8. The number of hydrogen-bond donors (Lipinski definition) is 7. The average Bonchev–Trinajstić information content (AvgIpc) is 3.44. The maximum Gasteiger partial charge on any atom is 0.309 e. The van der Waals surface area contributed by atoms with Gasteiger partial charge in [-0.15, -0.1) is 0 Å². The fourth-order valence-electron chi connectivity index (χ4n) is 8.73. The molecule has 1 heterocycles. The van der Waals surface area contributed by atoms with Crippen LogP contribution in [-0.2, 0) is 4.79 Å². The second-order valence-electron chi connectivity index (χ2n) is 16.0. The summed E-state index contributed by atoms with van der Waals surface area (Å²) in [5, 5.41) is 50.3. The van der Waals surface area contributed by atoms with Crippen molar-refractivity contribution in [3.63, 3.8) is 0 Å². The molecule has 4 rings (SSSR count). The lowest BCUT2D eigenvalue weighted by Crippen LogP contribution is -2.33. The maximum atomic E-state index is 12.5. The zero-order chi connectivity index (χ0) is 37.3. The number of Topliss-reactive ketones (excluding diaryl/α,β-unsaturated/α-hetero) is 1. The molecule has 52 heavy (non-hydrogen) atoms. The molecule has 3 aliphatic rings. The summed E-state index contributed by atoms with van der Waals surface area (Å²) >= 11 is 0. The lowest BCUT2D eigenvalue weighted by Gasteiger charge is -2.28. The number of benzene rings is 1. The number of dihydropyridines is 1. The molecule has 0 bridgehead atoms. The van der Waals surface area contributed by atoms with Crippen molar-refractivity contribution in [2.75, 3.05) is 19.6 Å². The van der Waals surface area contributed by atoms with E-state index in [9.17, 15) is 30.0 Å². The van der Waals surface area contributed by atoms with Crippen LogP contribution in [-0.4, -0.2) is 69.6 Å². The molecular weight excluding hydrogens is 654 g/mol. The number of carbonyl (C=O) groups excluding carboxylic acids is 1. The summed E-state index contributed by atoms with van der Waals surface area (Å²) < 4.78 is 0. The van der Waals surface area contributed by atoms with Gasteiger partial charge in [0.15, 0.2) is 5.78 Å². The molecule has 290 valence electrons. The molecule has 0 spiro atoms. The number of aliphatic hydroxyl groups excluding tert-OH is 2. The van der Waals surface area contributed by atoms with E-state index in [4.69, 9.17) is 5.73 Å². The number of nitrogens with one attached hydrogen (secondary N) is 2. The molecule has 1 fully saturated rings. The Morgan fingerprint density at radius 1 is 1.00 bits per heavy atom. The predicted molar refractivity (Wildman–Crippen MR) is 207 cm³/mol. The van der Waals surface area contributed by atoms with Crippen molar-refractivity contribution in [3.8, 4) is 0 Å². The normalized spacial score (nSPS) is 27.0. The number of aliphatic hydroxyl groups is 3. The van der Waals surface area contributed by atoms with Crippen molar-refractivity contribution in [1.82, 2.24) is 10.6 Å². The lowest BCUT2D eigenvalue weighted by atomic mass is 9.81. The molecule has 0 saturated heterocycles. The van der Waals surface area contributed by atoms with E-state index in [1.807, 2.05) is 36.4 Å². The number of ketones is 1. The van der Waals surface area contributed by atoms with Gasteiger partial charge in [-0.05, 0) is 107 Å². The van der Waals surface area contributed by atoms with Crippen molar-refractivity contribution in [2.24, 2.45) is 35.3 Å². The van der Waals surface area contributed by atoms with Gasteiger partial charge in [-0.25, -0.2) is 0 Å². The number of allylic oxidation sites excluding steroid dienone is 3. The first-order valence-electron chi connectivity index (χ1n) is 20.3. The minimum absolute atomic E-state index is 0.138. The number of carbonyl (C=O) groups is 2. The van der Waals surface area contributed by atoms with Gasteiger partial charge in [-0.2, -0.15) is 0 Å². The van der Waals surface area contributed by atoms with Gasteiger partial charge in [0, 0.05) is 24.4 Å². The minimum atomic E-state index is -1.03. The molecular formula is C43H67N3O6. The minimum Gasteiger partial charge on any atom is -0.481 e. The van der Waals surface area contributed by atoms with Gasteiger partial charge in [0.25, 0.3) is 0 Å². The first kappa shape index (κ1) is 41.8. The summed E-state index contributed by atoms with van der Waals surface area (Å²) in [6.07, 6.45) is 20.4. The van der Waals surface area contributed by atoms with Crippen molar-refractivity contribution in [3.05, 3.63) is 71.6 Å². The summed E-state index contributed by atoms with van der Waals surface area (Å²) in [5.74, 6) is -0.0390. The third kappa shape index (κ3) is 13.8. The molecule has 0 amide bonds. The van der Waals surface area contributed by atoms with Gasteiger partial charge in [-0.3, -0.25) is 9.59 Å². The second-order valence-corrected chi connectivity index (χ2v) is 16.0. The summed E-state index contributed by atoms with van der Waals surface area (Å²) in [6, 6.07) is 9.35. The van der Waals surface area contributed by atoms with E-state index in [2.05, 4.69) is 35.8 Å². The van der Waals surface area contributed by atoms with E-state index >= 15 is 0 Å². The van der Waals surface area contributed by atoms with Crippen LogP contribution in [0, 0.1) is 29.6 Å². The highest BCUT2D eigenvalue weighted by Crippen LogP contribution is 2.45. The van der Waals surface area contributed by atoms with Gasteiger partial charge < -0.3 is 36.8 Å². The van der Waals surface area contributed by atoms with E-state index in [0.29, 0.717) is 69.9 Å². The Bertz CT molecular complexity index is 1330. The summed E-state index contributed by atoms with van der Waals surface area (Å²) in [4.78, 5) is 24.7. The largest absolute Gasteiger partial charge is 0.481 e. The molecule has 1 aromatic carbocycles. The highest BCUT2D eigenvalue weighted by Gasteiger charge is 2.44. The molecule has 1 aliphatic heterocycles. The Morgan fingerprint density at radius 3 is 2.50 bits per heavy atom. The maximum absolute atomic E-state index is 12.5. The van der Waals surface area contributed by atoms with E-state index < -0.39 is 23.6 Å². The molecule has 0 radical (unpaired) electrons. The number of aliphatic carboxylic acids is 1. The van der Waals surface area contributed by atoms with Crippen molar-refractivity contribution < 1.29 is 30.0 Å². The van der Waals surface area contributed by atoms with Crippen molar-refractivity contribution in [2.45, 2.75) is 134 Å². The number of carboxylic acids is 1. The Hall–Kier alpha value is -2.98. The zero-order valence-electron chi connectivity index (χ0n) is 31.6. The average molecular weight is 722 g/mol. The fourth-order valence-corrected chi connectivity index (χ4v) is 8.73. The smallest absolute Gasteiger partial charge is 0.309 e. The van der Waals surface area contributed by atoms with Gasteiger partial charge in [0.05, 0.1) is 29.5 Å². The zero-order valence-corrected chi connectivity index (χ0v) is 31.6. The first-order chi connectivity index (χ1) is 25.1. The first-order valence-corrected chi connectivity index (χ1v) is 20.3. The molecule has 9 nitrogen and oxygen atoms in total. The summed E-state index contributed by atoms with van der Waals surface area (Å²) in [5.41, 5.74) is 6.94. The molecule has 9 heteroatoms. The number of nitrogens with two attached hydrogens (primary N) is 1. The molecule has 8 atom stereocenters. The monoisotopic (exact) mass is 722 g/mol. The van der Waals surface area contributed by atoms with Gasteiger partial charge in [-0.1, -0.05) is 94.0 Å². The third-order valence-corrected chi connectivity index (χ3v) is 11.8. The van der Waals surface area contributed by atoms with Crippen LogP contribution in [0.5, 0.6) is 0 Å². The van der Waals surface area contributed by atoms with Crippen LogP contribution >= 0.6 is 0 Å². The Kier molecular flexibility index (Phi) is 17.4. The van der Waals surface area contributed by atoms with Crippen molar-refractivity contribution in [1.29, 1.82) is 0 Å². The standard InChI is InChI=1S/C43H67N3O6/c1-2-3-6-12-31-18-19-34(40(49)26-31)15-9-5-10-16-37(42(50)51)39(48)20-22-43(52)28-35(25-32-21-24-46-41(44)27-32)36(29-43)30-45-23-11-17-38(47)33-13-7-4-8-14-33/h4,7-8,13-14,18-19,21,27,31,34-37,39-40,45-46,48-49,52H,2-3,5-6,9-12,15-17,20,22-26,28-30,44H2,1H3,(H,50,51). The van der Waals surface area contributed by atoms with Crippen LogP contribution in [0.2, 0.25) is 0 Å². The molecule has 0 aromatic heterocycles. The molecule has 1 aromatic rings. The fraction of sp³-hybridized carbons (Fsp3) is 0.674. The molecule has 8 unspecified atom stereocenters.